The van der Waals surface area contributed by atoms with Gasteiger partial charge in [0.2, 0.25) is 0 Å². The lowest BCUT2D eigenvalue weighted by Crippen LogP contribution is -1.90. The number of nitrogens with zero attached hydrogens (tertiary/aromatic N) is 2. The highest BCUT2D eigenvalue weighted by molar-refractivity contribution is 5.53. The Morgan fingerprint density at radius 3 is 2.83 bits per heavy atom. The molecule has 4 heteroatoms. The lowest BCUT2D eigenvalue weighted by Gasteiger charge is -1.94. The molecule has 2 aromatic rings. The first-order valence-electron chi connectivity index (χ1n) is 3.50. The van der Waals surface area contributed by atoms with Gasteiger partial charge in [0, 0.05) is 6.07 Å². The van der Waals surface area contributed by atoms with Crippen LogP contribution in [0, 0.1) is 0 Å². The van der Waals surface area contributed by atoms with Gasteiger partial charge >= 0.3 is 0 Å². The van der Waals surface area contributed by atoms with E-state index in [0.717, 1.165) is 0 Å². The van der Waals surface area contributed by atoms with E-state index in [1.807, 2.05) is 12.1 Å². The van der Waals surface area contributed by atoms with Crippen molar-refractivity contribution in [3.63, 3.8) is 0 Å². The van der Waals surface area contributed by atoms with Crippen molar-refractivity contribution in [1.82, 2.24) is 10.1 Å². The van der Waals surface area contributed by atoms with E-state index in [4.69, 9.17) is 10.3 Å². The minimum atomic E-state index is 0.476. The van der Waals surface area contributed by atoms with Crippen LogP contribution < -0.4 is 5.73 Å². The van der Waals surface area contributed by atoms with Crippen molar-refractivity contribution in [3.05, 3.63) is 30.5 Å². The average Bonchev–Trinajstić information content (AvgIpc) is 2.56. The second kappa shape index (κ2) is 2.65. The summed E-state index contributed by atoms with van der Waals surface area (Å²) in [6.07, 6.45) is 1.57. The summed E-state index contributed by atoms with van der Waals surface area (Å²) in [6, 6.07) is 7.10. The second-order valence-corrected chi connectivity index (χ2v) is 2.32. The van der Waals surface area contributed by atoms with Gasteiger partial charge in [-0.25, -0.2) is 4.98 Å². The molecule has 0 aliphatic heterocycles. The zero-order chi connectivity index (χ0) is 8.39. The van der Waals surface area contributed by atoms with Gasteiger partial charge in [-0.1, -0.05) is 11.2 Å². The zero-order valence-electron chi connectivity index (χ0n) is 6.27. The Labute approximate surface area is 69.0 Å². The van der Waals surface area contributed by atoms with Gasteiger partial charge in [0.05, 0.1) is 6.20 Å². The number of hydrogen-bond donors (Lipinski definition) is 1. The smallest absolute Gasteiger partial charge is 0.185 e. The average molecular weight is 161 g/mol. The van der Waals surface area contributed by atoms with Crippen molar-refractivity contribution < 1.29 is 4.52 Å². The molecule has 0 aromatic carbocycles. The fraction of sp³-hybridized carbons (Fsp3) is 0. The van der Waals surface area contributed by atoms with Crippen molar-refractivity contribution >= 4 is 5.82 Å². The van der Waals surface area contributed by atoms with Crippen LogP contribution in [0.5, 0.6) is 0 Å². The van der Waals surface area contributed by atoms with E-state index in [9.17, 15) is 0 Å². The Kier molecular flexibility index (Phi) is 1.51. The predicted octanol–water partition coefficient (Wildman–Crippen LogP) is 1.32. The summed E-state index contributed by atoms with van der Waals surface area (Å²) in [7, 11) is 0. The summed E-state index contributed by atoms with van der Waals surface area (Å²) in [4.78, 5) is 4.06. The number of pyridine rings is 1. The van der Waals surface area contributed by atoms with Crippen molar-refractivity contribution in [1.29, 1.82) is 0 Å². The van der Waals surface area contributed by atoms with Gasteiger partial charge in [0.15, 0.2) is 5.76 Å². The molecule has 0 amide bonds. The molecular formula is C8H7N3O. The van der Waals surface area contributed by atoms with Crippen LogP contribution in [0.25, 0.3) is 11.5 Å². The molecule has 2 N–H and O–H groups in total. The van der Waals surface area contributed by atoms with Crippen LogP contribution >= 0.6 is 0 Å². The highest BCUT2D eigenvalue weighted by atomic mass is 16.5. The molecule has 12 heavy (non-hydrogen) atoms. The van der Waals surface area contributed by atoms with E-state index in [0.29, 0.717) is 17.3 Å². The first-order chi connectivity index (χ1) is 5.86. The van der Waals surface area contributed by atoms with Gasteiger partial charge in [-0.3, -0.25) is 0 Å². The molecule has 2 heterocycles. The maximum atomic E-state index is 5.49. The quantitative estimate of drug-likeness (QED) is 0.685. The number of aromatic nitrogens is 2. The van der Waals surface area contributed by atoms with Crippen molar-refractivity contribution in [2.75, 3.05) is 5.73 Å². The summed E-state index contributed by atoms with van der Waals surface area (Å²) in [5, 5.41) is 3.57. The Hall–Kier alpha value is -1.84. The summed E-state index contributed by atoms with van der Waals surface area (Å²) in [6.45, 7) is 0. The van der Waals surface area contributed by atoms with Crippen molar-refractivity contribution in [2.45, 2.75) is 0 Å². The number of rotatable bonds is 1. The molecule has 4 nitrogen and oxygen atoms in total. The standard InChI is InChI=1S/C8H7N3O/c9-8-3-1-2-6(11-8)7-4-5-10-12-7/h1-5H,(H2,9,11). The first-order valence-corrected chi connectivity index (χ1v) is 3.50. The summed E-state index contributed by atoms with van der Waals surface area (Å²) >= 11 is 0. The van der Waals surface area contributed by atoms with Gasteiger partial charge in [-0.2, -0.15) is 0 Å². The maximum Gasteiger partial charge on any atom is 0.185 e. The van der Waals surface area contributed by atoms with Gasteiger partial charge in [0.25, 0.3) is 0 Å². The first kappa shape index (κ1) is 6.84. The highest BCUT2D eigenvalue weighted by Gasteiger charge is 2.01. The van der Waals surface area contributed by atoms with Crippen molar-refractivity contribution in [2.24, 2.45) is 0 Å². The van der Waals surface area contributed by atoms with E-state index >= 15 is 0 Å². The molecule has 60 valence electrons. The SMILES string of the molecule is Nc1cccc(-c2ccno2)n1. The third kappa shape index (κ3) is 1.14. The minimum absolute atomic E-state index is 0.476. The number of nitrogens with two attached hydrogens (primary N) is 1. The number of nitrogen functional groups attached to an aromatic ring is 1. The Balaban J connectivity index is 2.48. The predicted molar refractivity (Wildman–Crippen MR) is 44.1 cm³/mol. The highest BCUT2D eigenvalue weighted by Crippen LogP contribution is 2.16. The Morgan fingerprint density at radius 2 is 2.17 bits per heavy atom. The van der Waals surface area contributed by atoms with E-state index in [1.165, 1.54) is 0 Å². The summed E-state index contributed by atoms with van der Waals surface area (Å²) in [5.74, 6) is 1.10. The van der Waals surface area contributed by atoms with Gasteiger partial charge < -0.3 is 10.3 Å². The molecule has 0 bridgehead atoms. The third-order valence-electron chi connectivity index (χ3n) is 1.46. The molecule has 0 atom stereocenters. The zero-order valence-corrected chi connectivity index (χ0v) is 6.27. The minimum Gasteiger partial charge on any atom is -0.384 e. The van der Waals surface area contributed by atoms with Crippen LogP contribution in [0.3, 0.4) is 0 Å². The fourth-order valence-corrected chi connectivity index (χ4v) is 0.937. The molecule has 0 saturated heterocycles. The molecule has 0 aliphatic carbocycles. The van der Waals surface area contributed by atoms with Crippen LogP contribution in [0.15, 0.2) is 35.0 Å². The lowest BCUT2D eigenvalue weighted by atomic mass is 10.3. The molecule has 0 saturated carbocycles. The molecule has 0 unspecified atom stereocenters. The topological polar surface area (TPSA) is 64.9 Å². The van der Waals surface area contributed by atoms with Gasteiger partial charge in [0.1, 0.15) is 11.5 Å². The number of hydrogen-bond acceptors (Lipinski definition) is 4. The molecule has 2 aromatic heterocycles. The molecule has 2 rings (SSSR count). The van der Waals surface area contributed by atoms with Crippen LogP contribution in [0.1, 0.15) is 0 Å². The Bertz CT molecular complexity index is 370. The van der Waals surface area contributed by atoms with Gasteiger partial charge in [-0.15, -0.1) is 0 Å². The van der Waals surface area contributed by atoms with Crippen LogP contribution in [0.4, 0.5) is 5.82 Å². The molecular weight excluding hydrogens is 154 g/mol. The summed E-state index contributed by atoms with van der Waals surface area (Å²) < 4.78 is 4.91. The van der Waals surface area contributed by atoms with E-state index < -0.39 is 0 Å². The van der Waals surface area contributed by atoms with E-state index in [1.54, 1.807) is 18.3 Å². The molecule has 0 fully saturated rings. The molecule has 0 aliphatic rings. The Morgan fingerprint density at radius 1 is 1.25 bits per heavy atom. The molecule has 0 spiro atoms. The lowest BCUT2D eigenvalue weighted by molar-refractivity contribution is 0.431. The van der Waals surface area contributed by atoms with E-state index in [2.05, 4.69) is 10.1 Å². The molecule has 0 radical (unpaired) electrons. The number of anilines is 1. The maximum absolute atomic E-state index is 5.49. The van der Waals surface area contributed by atoms with Crippen LogP contribution in [-0.2, 0) is 0 Å². The fourth-order valence-electron chi connectivity index (χ4n) is 0.937. The monoisotopic (exact) mass is 161 g/mol. The van der Waals surface area contributed by atoms with Crippen molar-refractivity contribution in [3.8, 4) is 11.5 Å². The van der Waals surface area contributed by atoms with Crippen LogP contribution in [0.2, 0.25) is 0 Å². The third-order valence-corrected chi connectivity index (χ3v) is 1.46. The second-order valence-electron chi connectivity index (χ2n) is 2.32. The normalized spacial score (nSPS) is 10.0. The summed E-state index contributed by atoms with van der Waals surface area (Å²) in [5.41, 5.74) is 6.19. The largest absolute Gasteiger partial charge is 0.384 e. The van der Waals surface area contributed by atoms with E-state index in [-0.39, 0.29) is 0 Å². The van der Waals surface area contributed by atoms with Crippen LogP contribution in [-0.4, -0.2) is 10.1 Å². The van der Waals surface area contributed by atoms with Gasteiger partial charge in [-0.05, 0) is 12.1 Å².